The molecule has 1 aromatic carbocycles. The first-order valence-electron chi connectivity index (χ1n) is 6.49. The van der Waals surface area contributed by atoms with Crippen LogP contribution < -0.4 is 11.1 Å². The van der Waals surface area contributed by atoms with Crippen molar-refractivity contribution >= 4 is 35.2 Å². The van der Waals surface area contributed by atoms with Crippen LogP contribution in [0.4, 0.5) is 0 Å². The van der Waals surface area contributed by atoms with Crippen molar-refractivity contribution in [3.8, 4) is 12.1 Å². The van der Waals surface area contributed by atoms with Crippen molar-refractivity contribution in [2.24, 2.45) is 11.7 Å². The van der Waals surface area contributed by atoms with Crippen molar-refractivity contribution in [3.05, 3.63) is 45.5 Å². The van der Waals surface area contributed by atoms with Crippen LogP contribution in [0.15, 0.2) is 34.9 Å². The van der Waals surface area contributed by atoms with E-state index in [1.807, 2.05) is 12.1 Å². The number of nitrogens with one attached hydrogen (secondary N) is 1. The van der Waals surface area contributed by atoms with Gasteiger partial charge < -0.3 is 11.1 Å². The molecule has 0 aromatic heterocycles. The quantitative estimate of drug-likeness (QED) is 0.858. The zero-order chi connectivity index (χ0) is 17.0. The minimum absolute atomic E-state index is 0.0900. The van der Waals surface area contributed by atoms with Gasteiger partial charge in [-0.3, -0.25) is 9.59 Å². The van der Waals surface area contributed by atoms with E-state index in [0.717, 1.165) is 11.8 Å². The van der Waals surface area contributed by atoms with Gasteiger partial charge in [0.05, 0.1) is 28.5 Å². The summed E-state index contributed by atoms with van der Waals surface area (Å²) in [6.07, 6.45) is 0. The van der Waals surface area contributed by atoms with E-state index in [-0.39, 0.29) is 16.4 Å². The molecule has 1 aliphatic heterocycles. The molecule has 2 atom stereocenters. The lowest BCUT2D eigenvalue weighted by Crippen LogP contribution is -2.39. The number of nitriles is 2. The predicted molar refractivity (Wildman–Crippen MR) is 85.7 cm³/mol. The number of carbonyl (C=O) groups is 2. The van der Waals surface area contributed by atoms with Gasteiger partial charge in [-0.1, -0.05) is 41.6 Å². The van der Waals surface area contributed by atoms with E-state index in [2.05, 4.69) is 5.32 Å². The van der Waals surface area contributed by atoms with Crippen LogP contribution in [0, 0.1) is 28.6 Å². The van der Waals surface area contributed by atoms with E-state index in [1.165, 1.54) is 0 Å². The molecule has 0 unspecified atom stereocenters. The number of primary amides is 1. The van der Waals surface area contributed by atoms with E-state index in [4.69, 9.17) is 17.3 Å². The van der Waals surface area contributed by atoms with Crippen LogP contribution in [-0.2, 0) is 9.59 Å². The van der Waals surface area contributed by atoms with Gasteiger partial charge in [0.25, 0.3) is 0 Å². The minimum atomic E-state index is -1.08. The molecule has 1 heterocycles. The maximum Gasteiger partial charge on any atom is 0.243 e. The Balaban J connectivity index is 2.57. The van der Waals surface area contributed by atoms with Gasteiger partial charge in [0.2, 0.25) is 11.8 Å². The molecule has 0 saturated carbocycles. The second-order valence-electron chi connectivity index (χ2n) is 4.70. The molecule has 0 bridgehead atoms. The molecule has 0 spiro atoms. The van der Waals surface area contributed by atoms with Crippen LogP contribution in [0.2, 0.25) is 5.02 Å². The molecule has 0 fully saturated rings. The molecule has 0 aliphatic carbocycles. The van der Waals surface area contributed by atoms with E-state index in [9.17, 15) is 20.1 Å². The number of benzene rings is 1. The Morgan fingerprint density at radius 1 is 1.39 bits per heavy atom. The number of rotatable bonds is 4. The summed E-state index contributed by atoms with van der Waals surface area (Å²) in [7, 11) is 0. The number of carbonyl (C=O) groups excluding carboxylic acids is 2. The van der Waals surface area contributed by atoms with Gasteiger partial charge in [-0.05, 0) is 11.6 Å². The standard InChI is InChI=1S/C15H11ClN4O2S/c16-11-4-2-1-3-8(11)13-9(5-17)14(22)20-15(10(13)6-18)23-7-12(19)21/h1-4,9,13H,7H2,(H2,19,21)(H,20,22)/t9-,13+/m1/s1. The molecular weight excluding hydrogens is 336 g/mol. The van der Waals surface area contributed by atoms with Crippen LogP contribution in [0.25, 0.3) is 0 Å². The van der Waals surface area contributed by atoms with Gasteiger partial charge >= 0.3 is 0 Å². The van der Waals surface area contributed by atoms with E-state index in [1.54, 1.807) is 24.3 Å². The van der Waals surface area contributed by atoms with Crippen LogP contribution in [0.1, 0.15) is 11.5 Å². The van der Waals surface area contributed by atoms with Crippen molar-refractivity contribution in [3.63, 3.8) is 0 Å². The number of hydrogen-bond acceptors (Lipinski definition) is 5. The smallest absolute Gasteiger partial charge is 0.243 e. The molecule has 0 saturated heterocycles. The predicted octanol–water partition coefficient (Wildman–Crippen LogP) is 1.65. The van der Waals surface area contributed by atoms with Crippen LogP contribution >= 0.6 is 23.4 Å². The van der Waals surface area contributed by atoms with Crippen molar-refractivity contribution in [2.45, 2.75) is 5.92 Å². The first kappa shape index (κ1) is 16.9. The third-order valence-electron chi connectivity index (χ3n) is 3.27. The van der Waals surface area contributed by atoms with Crippen molar-refractivity contribution in [2.75, 3.05) is 5.75 Å². The fourth-order valence-electron chi connectivity index (χ4n) is 2.29. The monoisotopic (exact) mass is 346 g/mol. The SMILES string of the molecule is N#CC1=C(SCC(N)=O)NC(=O)[C@H](C#N)[C@@H]1c1ccccc1Cl. The summed E-state index contributed by atoms with van der Waals surface area (Å²) in [5.74, 6) is -3.08. The summed E-state index contributed by atoms with van der Waals surface area (Å²) >= 11 is 7.13. The summed E-state index contributed by atoms with van der Waals surface area (Å²) < 4.78 is 0. The van der Waals surface area contributed by atoms with Gasteiger partial charge in [0.15, 0.2) is 0 Å². The Labute approximate surface area is 141 Å². The molecule has 6 nitrogen and oxygen atoms in total. The Hall–Kier alpha value is -2.48. The average molecular weight is 347 g/mol. The van der Waals surface area contributed by atoms with E-state index >= 15 is 0 Å². The Morgan fingerprint density at radius 2 is 2.09 bits per heavy atom. The lowest BCUT2D eigenvalue weighted by molar-refractivity contribution is -0.123. The highest BCUT2D eigenvalue weighted by Gasteiger charge is 2.40. The zero-order valence-electron chi connectivity index (χ0n) is 11.7. The molecule has 1 aliphatic rings. The third kappa shape index (κ3) is 3.48. The molecule has 23 heavy (non-hydrogen) atoms. The van der Waals surface area contributed by atoms with Gasteiger partial charge in [-0.15, -0.1) is 0 Å². The molecule has 0 radical (unpaired) electrons. The fraction of sp³-hybridized carbons (Fsp3) is 0.200. The highest BCUT2D eigenvalue weighted by atomic mass is 35.5. The summed E-state index contributed by atoms with van der Waals surface area (Å²) in [6, 6.07) is 10.7. The van der Waals surface area contributed by atoms with Gasteiger partial charge in [-0.25, -0.2) is 0 Å². The number of nitrogens with two attached hydrogens (primary N) is 1. The molecule has 3 N–H and O–H groups in total. The van der Waals surface area contributed by atoms with E-state index in [0.29, 0.717) is 10.6 Å². The summed E-state index contributed by atoms with van der Waals surface area (Å²) in [4.78, 5) is 23.1. The number of amides is 2. The van der Waals surface area contributed by atoms with Crippen molar-refractivity contribution in [1.82, 2.24) is 5.32 Å². The van der Waals surface area contributed by atoms with Gasteiger partial charge in [0, 0.05) is 10.9 Å². The van der Waals surface area contributed by atoms with E-state index < -0.39 is 23.7 Å². The fourth-order valence-corrected chi connectivity index (χ4v) is 3.33. The van der Waals surface area contributed by atoms with Gasteiger partial charge in [0.1, 0.15) is 5.92 Å². The molecule has 2 rings (SSSR count). The number of thioether (sulfide) groups is 1. The highest BCUT2D eigenvalue weighted by molar-refractivity contribution is 8.03. The highest BCUT2D eigenvalue weighted by Crippen LogP contribution is 2.41. The third-order valence-corrected chi connectivity index (χ3v) is 4.65. The maximum absolute atomic E-state index is 12.2. The lowest BCUT2D eigenvalue weighted by Gasteiger charge is -2.29. The lowest BCUT2D eigenvalue weighted by atomic mass is 9.79. The van der Waals surface area contributed by atoms with Crippen LogP contribution in [0.5, 0.6) is 0 Å². The normalized spacial score (nSPS) is 20.4. The molecule has 2 amide bonds. The zero-order valence-corrected chi connectivity index (χ0v) is 13.3. The number of halogens is 1. The number of nitrogens with zero attached hydrogens (tertiary/aromatic N) is 2. The first-order chi connectivity index (χ1) is 11.0. The second kappa shape index (κ2) is 7.19. The van der Waals surface area contributed by atoms with Gasteiger partial charge in [-0.2, -0.15) is 10.5 Å². The second-order valence-corrected chi connectivity index (χ2v) is 6.10. The Bertz CT molecular complexity index is 778. The van der Waals surface area contributed by atoms with Crippen molar-refractivity contribution in [1.29, 1.82) is 10.5 Å². The topological polar surface area (TPSA) is 120 Å². The molecule has 8 heteroatoms. The largest absolute Gasteiger partial charge is 0.369 e. The molecular formula is C15H11ClN4O2S. The molecule has 1 aromatic rings. The minimum Gasteiger partial charge on any atom is -0.369 e. The van der Waals surface area contributed by atoms with Crippen LogP contribution in [0.3, 0.4) is 0 Å². The number of hydrogen-bond donors (Lipinski definition) is 2. The summed E-state index contributed by atoms with van der Waals surface area (Å²) in [5.41, 5.74) is 5.81. The van der Waals surface area contributed by atoms with Crippen LogP contribution in [-0.4, -0.2) is 17.6 Å². The summed E-state index contributed by atoms with van der Waals surface area (Å²) in [6.45, 7) is 0. The maximum atomic E-state index is 12.2. The first-order valence-corrected chi connectivity index (χ1v) is 7.86. The number of allylic oxidation sites excluding steroid dienone is 1. The van der Waals surface area contributed by atoms with Crippen molar-refractivity contribution < 1.29 is 9.59 Å². The Morgan fingerprint density at radius 3 is 2.65 bits per heavy atom. The average Bonchev–Trinajstić information content (AvgIpc) is 2.52. The Kier molecular flexibility index (Phi) is 5.28. The summed E-state index contributed by atoms with van der Waals surface area (Å²) in [5, 5.41) is 21.9. The molecule has 116 valence electrons.